The van der Waals surface area contributed by atoms with Crippen LogP contribution in [0.5, 0.6) is 0 Å². The molecule has 0 aliphatic rings. The van der Waals surface area contributed by atoms with E-state index in [9.17, 15) is 9.50 Å². The van der Waals surface area contributed by atoms with Gasteiger partial charge in [-0.15, -0.1) is 0 Å². The van der Waals surface area contributed by atoms with Crippen molar-refractivity contribution >= 4 is 23.2 Å². The first-order valence-corrected chi connectivity index (χ1v) is 6.17. The molecule has 96 valence electrons. The number of likely N-dealkylation sites (N-methyl/N-ethyl adjacent to an activating group) is 1. The average molecular weight is 280 g/mol. The molecule has 0 aromatic heterocycles. The fraction of sp³-hybridized carbons (Fsp3) is 0.500. The minimum absolute atomic E-state index is 0.0503. The molecule has 0 fully saturated rings. The number of aliphatic hydroxyl groups is 1. The van der Waals surface area contributed by atoms with Crippen molar-refractivity contribution in [3.05, 3.63) is 33.6 Å². The van der Waals surface area contributed by atoms with Gasteiger partial charge in [0.15, 0.2) is 0 Å². The Hall–Kier alpha value is -0.350. The van der Waals surface area contributed by atoms with Gasteiger partial charge in [0.2, 0.25) is 0 Å². The van der Waals surface area contributed by atoms with Gasteiger partial charge in [0, 0.05) is 16.6 Å². The molecule has 0 aliphatic carbocycles. The van der Waals surface area contributed by atoms with Gasteiger partial charge < -0.3 is 10.4 Å². The van der Waals surface area contributed by atoms with Crippen LogP contribution in [0.15, 0.2) is 12.1 Å². The highest BCUT2D eigenvalue weighted by Gasteiger charge is 2.32. The summed E-state index contributed by atoms with van der Waals surface area (Å²) in [4.78, 5) is 0. The molecule has 0 radical (unpaired) electrons. The summed E-state index contributed by atoms with van der Waals surface area (Å²) in [5, 5.41) is 13.7. The Morgan fingerprint density at radius 3 is 2.53 bits per heavy atom. The van der Waals surface area contributed by atoms with Crippen molar-refractivity contribution < 1.29 is 9.50 Å². The number of benzene rings is 1. The van der Waals surface area contributed by atoms with Gasteiger partial charge in [-0.2, -0.15) is 0 Å². The second-order valence-electron chi connectivity index (χ2n) is 4.17. The Morgan fingerprint density at radius 2 is 2.00 bits per heavy atom. The third-order valence-electron chi connectivity index (χ3n) is 2.91. The highest BCUT2D eigenvalue weighted by molar-refractivity contribution is 6.35. The Kier molecular flexibility index (Phi) is 4.78. The number of halogens is 3. The molecule has 0 bridgehead atoms. The summed E-state index contributed by atoms with van der Waals surface area (Å²) in [5.41, 5.74) is -0.937. The first-order chi connectivity index (χ1) is 7.80. The molecular formula is C12H16Cl2FNO. The molecule has 2 N–H and O–H groups in total. The maximum Gasteiger partial charge on any atom is 0.142 e. The Bertz CT molecular complexity index is 410. The van der Waals surface area contributed by atoms with Crippen LogP contribution in [0.2, 0.25) is 10.0 Å². The van der Waals surface area contributed by atoms with Gasteiger partial charge in [-0.1, -0.05) is 30.1 Å². The molecule has 1 aromatic rings. The fourth-order valence-corrected chi connectivity index (χ4v) is 2.22. The molecule has 2 unspecified atom stereocenters. The maximum atomic E-state index is 13.4. The van der Waals surface area contributed by atoms with E-state index in [0.717, 1.165) is 0 Å². The molecule has 0 saturated heterocycles. The van der Waals surface area contributed by atoms with Crippen molar-refractivity contribution in [3.63, 3.8) is 0 Å². The zero-order chi connectivity index (χ0) is 13.2. The van der Waals surface area contributed by atoms with Crippen molar-refractivity contribution in [2.45, 2.75) is 32.4 Å². The first-order valence-electron chi connectivity index (χ1n) is 5.41. The predicted molar refractivity (Wildman–Crippen MR) is 69.1 cm³/mol. The van der Waals surface area contributed by atoms with Gasteiger partial charge in [0.25, 0.3) is 0 Å². The minimum Gasteiger partial charge on any atom is -0.384 e. The molecule has 0 heterocycles. The monoisotopic (exact) mass is 279 g/mol. The first kappa shape index (κ1) is 14.7. The van der Waals surface area contributed by atoms with Crippen LogP contribution in [0.4, 0.5) is 4.39 Å². The molecule has 17 heavy (non-hydrogen) atoms. The third-order valence-corrected chi connectivity index (χ3v) is 3.51. The van der Waals surface area contributed by atoms with E-state index in [4.69, 9.17) is 23.2 Å². The summed E-state index contributed by atoms with van der Waals surface area (Å²) in [6, 6.07) is 2.23. The molecule has 2 nitrogen and oxygen atoms in total. The van der Waals surface area contributed by atoms with E-state index in [1.54, 1.807) is 6.92 Å². The highest BCUT2D eigenvalue weighted by atomic mass is 35.5. The largest absolute Gasteiger partial charge is 0.384 e. The smallest absolute Gasteiger partial charge is 0.142 e. The van der Waals surface area contributed by atoms with Crippen LogP contribution in [0.3, 0.4) is 0 Å². The van der Waals surface area contributed by atoms with Crippen LogP contribution in [-0.2, 0) is 5.60 Å². The Balaban J connectivity index is 3.18. The lowest BCUT2D eigenvalue weighted by Crippen LogP contribution is -2.44. The summed E-state index contributed by atoms with van der Waals surface area (Å²) in [5.74, 6) is -0.588. The van der Waals surface area contributed by atoms with Gasteiger partial charge in [-0.05, 0) is 32.5 Å². The molecule has 1 rings (SSSR count). The Labute approximate surface area is 111 Å². The molecular weight excluding hydrogens is 264 g/mol. The van der Waals surface area contributed by atoms with Gasteiger partial charge in [-0.25, -0.2) is 4.39 Å². The third kappa shape index (κ3) is 3.10. The van der Waals surface area contributed by atoms with Crippen LogP contribution >= 0.6 is 23.2 Å². The van der Waals surface area contributed by atoms with Gasteiger partial charge in [0.05, 0.1) is 5.02 Å². The normalized spacial score (nSPS) is 16.6. The molecule has 2 atom stereocenters. The summed E-state index contributed by atoms with van der Waals surface area (Å²) in [6.07, 6.45) is 0. The zero-order valence-corrected chi connectivity index (χ0v) is 11.5. The van der Waals surface area contributed by atoms with E-state index in [1.165, 1.54) is 12.1 Å². The standard InChI is InChI=1S/C12H16Cl2FNO/c1-4-16-7(2)12(3,17)8-5-11(15)10(14)6-9(8)13/h5-7,16-17H,4H2,1-3H3. The second-order valence-corrected chi connectivity index (χ2v) is 4.99. The van der Waals surface area contributed by atoms with Crippen LogP contribution in [0, 0.1) is 5.82 Å². The van der Waals surface area contributed by atoms with E-state index >= 15 is 0 Å². The quantitative estimate of drug-likeness (QED) is 0.829. The van der Waals surface area contributed by atoms with E-state index in [-0.39, 0.29) is 16.1 Å². The molecule has 0 aliphatic heterocycles. The molecule has 1 aromatic carbocycles. The molecule has 0 amide bonds. The molecule has 0 saturated carbocycles. The lowest BCUT2D eigenvalue weighted by Gasteiger charge is -2.32. The van der Waals surface area contributed by atoms with Crippen LogP contribution in [0.25, 0.3) is 0 Å². The summed E-state index contributed by atoms with van der Waals surface area (Å²) in [7, 11) is 0. The van der Waals surface area contributed by atoms with Crippen molar-refractivity contribution in [1.82, 2.24) is 5.32 Å². The van der Waals surface area contributed by atoms with Gasteiger partial charge >= 0.3 is 0 Å². The SMILES string of the molecule is CCNC(C)C(C)(O)c1cc(F)c(Cl)cc1Cl. The number of rotatable bonds is 4. The van der Waals surface area contributed by atoms with Gasteiger partial charge in [-0.3, -0.25) is 0 Å². The van der Waals surface area contributed by atoms with Crippen LogP contribution in [-0.4, -0.2) is 17.7 Å². The average Bonchev–Trinajstić information content (AvgIpc) is 2.23. The minimum atomic E-state index is -1.27. The number of hydrogen-bond donors (Lipinski definition) is 2. The topological polar surface area (TPSA) is 32.3 Å². The van der Waals surface area contributed by atoms with Crippen molar-refractivity contribution in [2.24, 2.45) is 0 Å². The Morgan fingerprint density at radius 1 is 1.41 bits per heavy atom. The van der Waals surface area contributed by atoms with Crippen LogP contribution in [0.1, 0.15) is 26.3 Å². The van der Waals surface area contributed by atoms with E-state index in [0.29, 0.717) is 12.1 Å². The molecule has 0 spiro atoms. The fourth-order valence-electron chi connectivity index (χ4n) is 1.65. The lowest BCUT2D eigenvalue weighted by atomic mass is 9.89. The van der Waals surface area contributed by atoms with E-state index < -0.39 is 11.4 Å². The predicted octanol–water partition coefficient (Wildman–Crippen LogP) is 3.34. The zero-order valence-electron chi connectivity index (χ0n) is 10.0. The maximum absolute atomic E-state index is 13.4. The summed E-state index contributed by atoms with van der Waals surface area (Å²) >= 11 is 11.6. The van der Waals surface area contributed by atoms with Gasteiger partial charge in [0.1, 0.15) is 11.4 Å². The van der Waals surface area contributed by atoms with E-state index in [2.05, 4.69) is 5.32 Å². The summed E-state index contributed by atoms with van der Waals surface area (Å²) < 4.78 is 13.4. The highest BCUT2D eigenvalue weighted by Crippen LogP contribution is 2.34. The van der Waals surface area contributed by atoms with E-state index in [1.807, 2.05) is 13.8 Å². The molecule has 5 heteroatoms. The number of hydrogen-bond acceptors (Lipinski definition) is 2. The second kappa shape index (κ2) is 5.53. The van der Waals surface area contributed by atoms with Crippen molar-refractivity contribution in [3.8, 4) is 0 Å². The number of nitrogens with one attached hydrogen (secondary N) is 1. The van der Waals surface area contributed by atoms with Crippen LogP contribution < -0.4 is 5.32 Å². The summed E-state index contributed by atoms with van der Waals surface area (Å²) in [6.45, 7) is 6.03. The lowest BCUT2D eigenvalue weighted by molar-refractivity contribution is 0.0220. The van der Waals surface area contributed by atoms with Crippen molar-refractivity contribution in [1.29, 1.82) is 0 Å². The van der Waals surface area contributed by atoms with Crippen molar-refractivity contribution in [2.75, 3.05) is 6.54 Å².